The van der Waals surface area contributed by atoms with Crippen LogP contribution in [0.3, 0.4) is 0 Å². The highest BCUT2D eigenvalue weighted by atomic mass is 15.1. The highest BCUT2D eigenvalue weighted by molar-refractivity contribution is 5.86. The molecular weight excluding hydrogens is 272 g/mol. The third kappa shape index (κ3) is 2.41. The van der Waals surface area contributed by atoms with Crippen LogP contribution in [0.4, 0.5) is 5.69 Å². The van der Waals surface area contributed by atoms with Crippen molar-refractivity contribution < 1.29 is 0 Å². The number of hydrogen-bond acceptors (Lipinski definition) is 4. The molecule has 4 rings (SSSR count). The molecule has 1 fully saturated rings. The molecule has 0 unspecified atom stereocenters. The maximum Gasteiger partial charge on any atom is 0.180 e. The molecule has 1 aromatic carbocycles. The lowest BCUT2D eigenvalue weighted by molar-refractivity contribution is 0.578. The molecule has 4 nitrogen and oxygen atoms in total. The van der Waals surface area contributed by atoms with Gasteiger partial charge in [-0.05, 0) is 25.3 Å². The summed E-state index contributed by atoms with van der Waals surface area (Å²) >= 11 is 0. The molecule has 0 bridgehead atoms. The van der Waals surface area contributed by atoms with Crippen LogP contribution in [0.2, 0.25) is 0 Å². The Morgan fingerprint density at radius 1 is 0.864 bits per heavy atom. The van der Waals surface area contributed by atoms with Crippen molar-refractivity contribution in [1.82, 2.24) is 15.0 Å². The maximum absolute atomic E-state index is 4.70. The fraction of sp³-hybridized carbons (Fsp3) is 0.278. The van der Waals surface area contributed by atoms with Crippen LogP contribution in [0.15, 0.2) is 48.8 Å². The van der Waals surface area contributed by atoms with E-state index in [1.165, 1.54) is 19.3 Å². The maximum atomic E-state index is 4.70. The molecular formula is C18H18N4. The van der Waals surface area contributed by atoms with Gasteiger partial charge in [0, 0.05) is 24.8 Å². The normalized spacial score (nSPS) is 15.2. The summed E-state index contributed by atoms with van der Waals surface area (Å²) in [4.78, 5) is 16.2. The molecule has 3 aromatic rings. The number of hydrogen-bond donors (Lipinski definition) is 0. The first kappa shape index (κ1) is 13.2. The second kappa shape index (κ2) is 5.72. The van der Waals surface area contributed by atoms with Crippen molar-refractivity contribution in [3.05, 3.63) is 48.8 Å². The number of nitrogens with zero attached hydrogens (tertiary/aromatic N) is 4. The van der Waals surface area contributed by atoms with E-state index in [0.717, 1.165) is 41.2 Å². The second-order valence-corrected chi connectivity index (χ2v) is 5.67. The van der Waals surface area contributed by atoms with Crippen LogP contribution in [-0.2, 0) is 0 Å². The number of piperidine rings is 1. The smallest absolute Gasteiger partial charge is 0.180 e. The van der Waals surface area contributed by atoms with Gasteiger partial charge in [-0.15, -0.1) is 0 Å². The van der Waals surface area contributed by atoms with E-state index in [1.54, 1.807) is 0 Å². The topological polar surface area (TPSA) is 41.9 Å². The predicted molar refractivity (Wildman–Crippen MR) is 88.8 cm³/mol. The molecule has 2 aromatic heterocycles. The van der Waals surface area contributed by atoms with Gasteiger partial charge in [0.25, 0.3) is 0 Å². The van der Waals surface area contributed by atoms with E-state index in [-0.39, 0.29) is 0 Å². The van der Waals surface area contributed by atoms with E-state index in [2.05, 4.69) is 20.9 Å². The third-order valence-corrected chi connectivity index (χ3v) is 4.19. The van der Waals surface area contributed by atoms with Crippen molar-refractivity contribution >= 4 is 16.9 Å². The van der Waals surface area contributed by atoms with Crippen LogP contribution in [0.5, 0.6) is 0 Å². The summed E-state index contributed by atoms with van der Waals surface area (Å²) in [5.41, 5.74) is 4.74. The minimum atomic E-state index is 0.726. The van der Waals surface area contributed by atoms with Crippen molar-refractivity contribution in [2.24, 2.45) is 0 Å². The minimum Gasteiger partial charge on any atom is -0.370 e. The van der Waals surface area contributed by atoms with Crippen molar-refractivity contribution in [3.63, 3.8) is 0 Å². The van der Waals surface area contributed by atoms with Gasteiger partial charge in [0.1, 0.15) is 5.52 Å². The third-order valence-electron chi connectivity index (χ3n) is 4.19. The Morgan fingerprint density at radius 3 is 2.50 bits per heavy atom. The second-order valence-electron chi connectivity index (χ2n) is 5.67. The van der Waals surface area contributed by atoms with E-state index in [4.69, 9.17) is 4.98 Å². The van der Waals surface area contributed by atoms with E-state index in [9.17, 15) is 0 Å². The van der Waals surface area contributed by atoms with Gasteiger partial charge in [0.15, 0.2) is 5.65 Å². The first-order chi connectivity index (χ1) is 10.9. The number of aromatic nitrogens is 3. The molecule has 0 radical (unpaired) electrons. The van der Waals surface area contributed by atoms with E-state index < -0.39 is 0 Å². The summed E-state index contributed by atoms with van der Waals surface area (Å²) in [5.74, 6) is 0. The summed E-state index contributed by atoms with van der Waals surface area (Å²) in [6, 6.07) is 12.2. The number of benzene rings is 1. The van der Waals surface area contributed by atoms with E-state index in [0.29, 0.717) is 0 Å². The Balaban J connectivity index is 1.78. The quantitative estimate of drug-likeness (QED) is 0.722. The van der Waals surface area contributed by atoms with Crippen molar-refractivity contribution in [2.45, 2.75) is 19.3 Å². The molecule has 0 spiro atoms. The number of pyridine rings is 1. The molecule has 1 aliphatic rings. The molecule has 0 aliphatic carbocycles. The molecule has 0 N–H and O–H groups in total. The number of anilines is 1. The van der Waals surface area contributed by atoms with Crippen molar-refractivity contribution in [3.8, 4) is 11.3 Å². The zero-order chi connectivity index (χ0) is 14.8. The van der Waals surface area contributed by atoms with Crippen molar-refractivity contribution in [1.29, 1.82) is 0 Å². The first-order valence-corrected chi connectivity index (χ1v) is 7.84. The summed E-state index contributed by atoms with van der Waals surface area (Å²) in [5, 5.41) is 0. The average Bonchev–Trinajstić information content (AvgIpc) is 2.62. The van der Waals surface area contributed by atoms with E-state index >= 15 is 0 Å². The molecule has 1 saturated heterocycles. The Morgan fingerprint density at radius 2 is 1.68 bits per heavy atom. The molecule has 22 heavy (non-hydrogen) atoms. The summed E-state index contributed by atoms with van der Waals surface area (Å²) < 4.78 is 0. The average molecular weight is 290 g/mol. The molecule has 0 amide bonds. The van der Waals surface area contributed by atoms with Gasteiger partial charge in [-0.2, -0.15) is 0 Å². The highest BCUT2D eigenvalue weighted by Crippen LogP contribution is 2.27. The summed E-state index contributed by atoms with van der Waals surface area (Å²) in [6.45, 7) is 2.20. The van der Waals surface area contributed by atoms with Crippen LogP contribution >= 0.6 is 0 Å². The van der Waals surface area contributed by atoms with Gasteiger partial charge in [0.05, 0.1) is 17.6 Å². The van der Waals surface area contributed by atoms with Crippen molar-refractivity contribution in [2.75, 3.05) is 18.0 Å². The highest BCUT2D eigenvalue weighted by Gasteiger charge is 2.15. The largest absolute Gasteiger partial charge is 0.370 e. The van der Waals surface area contributed by atoms with Gasteiger partial charge in [-0.3, -0.25) is 0 Å². The van der Waals surface area contributed by atoms with Crippen LogP contribution in [-0.4, -0.2) is 28.0 Å². The fourth-order valence-corrected chi connectivity index (χ4v) is 3.05. The van der Waals surface area contributed by atoms with Gasteiger partial charge in [-0.25, -0.2) is 15.0 Å². The Hall–Kier alpha value is -2.49. The Labute approximate surface area is 129 Å². The zero-order valence-electron chi connectivity index (χ0n) is 12.4. The summed E-state index contributed by atoms with van der Waals surface area (Å²) in [7, 11) is 0. The van der Waals surface area contributed by atoms with Crippen LogP contribution in [0.1, 0.15) is 19.3 Å². The van der Waals surface area contributed by atoms with Crippen LogP contribution in [0.25, 0.3) is 22.4 Å². The molecule has 110 valence electrons. The van der Waals surface area contributed by atoms with Gasteiger partial charge in [0.2, 0.25) is 0 Å². The molecule has 0 saturated carbocycles. The molecule has 1 aliphatic heterocycles. The van der Waals surface area contributed by atoms with Gasteiger partial charge in [-0.1, -0.05) is 30.3 Å². The predicted octanol–water partition coefficient (Wildman–Crippen LogP) is 3.68. The minimum absolute atomic E-state index is 0.726. The Bertz CT molecular complexity index is 779. The lowest BCUT2D eigenvalue weighted by Gasteiger charge is -2.29. The number of fused-ring (bicyclic) bond motifs is 1. The SMILES string of the molecule is c1ccc(-c2cnc3c(N4CCCCC4)ccnc3n2)cc1. The molecule has 3 heterocycles. The number of rotatable bonds is 2. The standard InChI is InChI=1S/C18H18N4/c1-3-7-14(8-4-1)15-13-20-17-16(9-10-19-18(17)21-15)22-11-5-2-6-12-22/h1,3-4,7-10,13H,2,5-6,11-12H2. The monoisotopic (exact) mass is 290 g/mol. The first-order valence-electron chi connectivity index (χ1n) is 7.84. The molecule has 0 atom stereocenters. The lowest BCUT2D eigenvalue weighted by Crippen LogP contribution is -2.29. The fourth-order valence-electron chi connectivity index (χ4n) is 3.05. The molecule has 4 heteroatoms. The lowest BCUT2D eigenvalue weighted by atomic mass is 10.1. The van der Waals surface area contributed by atoms with E-state index in [1.807, 2.05) is 42.7 Å². The van der Waals surface area contributed by atoms with Gasteiger partial charge < -0.3 is 4.90 Å². The van der Waals surface area contributed by atoms with Crippen LogP contribution < -0.4 is 4.90 Å². The summed E-state index contributed by atoms with van der Waals surface area (Å²) in [6.07, 6.45) is 7.52. The van der Waals surface area contributed by atoms with Crippen LogP contribution in [0, 0.1) is 0 Å². The zero-order valence-corrected chi connectivity index (χ0v) is 12.4. The Kier molecular flexibility index (Phi) is 3.43. The van der Waals surface area contributed by atoms with Gasteiger partial charge >= 0.3 is 0 Å².